The minimum absolute atomic E-state index is 0.589. The van der Waals surface area contributed by atoms with Crippen LogP contribution < -0.4 is 5.32 Å². The third-order valence-electron chi connectivity index (χ3n) is 1.90. The minimum atomic E-state index is 0.589. The smallest absolute Gasteiger partial charge is 0.0635 e. The molecule has 0 rings (SSSR count). The molecule has 0 spiro atoms. The summed E-state index contributed by atoms with van der Waals surface area (Å²) in [5.41, 5.74) is 1.18. The first-order valence-electron chi connectivity index (χ1n) is 5.13. The topological polar surface area (TPSA) is 39.1 Å². The number of nitrogens with one attached hydrogen (secondary N) is 1. The van der Waals surface area contributed by atoms with Crippen LogP contribution in [0, 0.1) is 11.3 Å². The number of hydrogen-bond donors (Lipinski definition) is 1. The van der Waals surface area contributed by atoms with Gasteiger partial charge in [0, 0.05) is 26.1 Å². The third-order valence-corrected chi connectivity index (χ3v) is 1.90. The molecule has 0 aliphatic carbocycles. The maximum atomic E-state index is 8.41. The first kappa shape index (κ1) is 13.2. The number of nitrogens with zero attached hydrogens (tertiary/aromatic N) is 2. The van der Waals surface area contributed by atoms with Crippen molar-refractivity contribution >= 4 is 0 Å². The Hall–Kier alpha value is -0.850. The van der Waals surface area contributed by atoms with Crippen molar-refractivity contribution in [2.24, 2.45) is 0 Å². The molecular weight excluding hydrogens is 174 g/mol. The summed E-state index contributed by atoms with van der Waals surface area (Å²) in [6, 6.07) is 2.14. The van der Waals surface area contributed by atoms with E-state index in [1.807, 2.05) is 7.05 Å². The molecule has 0 saturated carbocycles. The van der Waals surface area contributed by atoms with Gasteiger partial charge in [-0.1, -0.05) is 13.5 Å². The molecule has 80 valence electrons. The standard InChI is InChI=1S/C11H21N3/c1-4-7-13-9-11(2)10-14(3)8-5-6-12/h13H,2,4-5,7-10H2,1,3H3. The van der Waals surface area contributed by atoms with Gasteiger partial charge >= 0.3 is 0 Å². The van der Waals surface area contributed by atoms with E-state index in [1.54, 1.807) is 0 Å². The molecule has 0 amide bonds. The van der Waals surface area contributed by atoms with Gasteiger partial charge in [0.2, 0.25) is 0 Å². The van der Waals surface area contributed by atoms with Crippen LogP contribution in [0.2, 0.25) is 0 Å². The van der Waals surface area contributed by atoms with Crippen LogP contribution in [0.25, 0.3) is 0 Å². The zero-order chi connectivity index (χ0) is 10.8. The van der Waals surface area contributed by atoms with Crippen molar-refractivity contribution in [3.63, 3.8) is 0 Å². The van der Waals surface area contributed by atoms with Crippen LogP contribution >= 0.6 is 0 Å². The zero-order valence-electron chi connectivity index (χ0n) is 9.34. The van der Waals surface area contributed by atoms with Gasteiger partial charge in [-0.15, -0.1) is 0 Å². The van der Waals surface area contributed by atoms with Gasteiger partial charge in [-0.25, -0.2) is 0 Å². The Kier molecular flexibility index (Phi) is 8.20. The van der Waals surface area contributed by atoms with Gasteiger partial charge in [-0.2, -0.15) is 5.26 Å². The van der Waals surface area contributed by atoms with E-state index in [1.165, 1.54) is 5.57 Å². The molecule has 0 aromatic heterocycles. The lowest BCUT2D eigenvalue weighted by atomic mass is 10.2. The lowest BCUT2D eigenvalue weighted by Crippen LogP contribution is -2.27. The maximum Gasteiger partial charge on any atom is 0.0635 e. The Morgan fingerprint density at radius 1 is 1.57 bits per heavy atom. The van der Waals surface area contributed by atoms with Gasteiger partial charge in [0.25, 0.3) is 0 Å². The highest BCUT2D eigenvalue weighted by molar-refractivity contribution is 4.99. The fourth-order valence-electron chi connectivity index (χ4n) is 1.20. The van der Waals surface area contributed by atoms with Crippen molar-refractivity contribution in [1.29, 1.82) is 5.26 Å². The van der Waals surface area contributed by atoms with Gasteiger partial charge in [0.05, 0.1) is 6.07 Å². The predicted molar refractivity (Wildman–Crippen MR) is 60.0 cm³/mol. The Bertz CT molecular complexity index is 193. The van der Waals surface area contributed by atoms with Crippen molar-refractivity contribution in [1.82, 2.24) is 10.2 Å². The highest BCUT2D eigenvalue weighted by atomic mass is 15.1. The monoisotopic (exact) mass is 195 g/mol. The lowest BCUT2D eigenvalue weighted by Gasteiger charge is -2.16. The van der Waals surface area contributed by atoms with Crippen molar-refractivity contribution in [2.45, 2.75) is 19.8 Å². The Balaban J connectivity index is 3.46. The molecule has 1 N–H and O–H groups in total. The molecule has 0 aliphatic heterocycles. The van der Waals surface area contributed by atoms with Crippen molar-refractivity contribution < 1.29 is 0 Å². The van der Waals surface area contributed by atoms with Crippen molar-refractivity contribution in [3.8, 4) is 6.07 Å². The number of likely N-dealkylation sites (N-methyl/N-ethyl adjacent to an activating group) is 1. The molecule has 0 atom stereocenters. The fourth-order valence-corrected chi connectivity index (χ4v) is 1.20. The second-order valence-corrected chi connectivity index (χ2v) is 3.57. The summed E-state index contributed by atoms with van der Waals surface area (Å²) < 4.78 is 0. The summed E-state index contributed by atoms with van der Waals surface area (Å²) in [5.74, 6) is 0. The average molecular weight is 195 g/mol. The lowest BCUT2D eigenvalue weighted by molar-refractivity contribution is 0.368. The summed E-state index contributed by atoms with van der Waals surface area (Å²) in [6.45, 7) is 9.75. The molecule has 0 radical (unpaired) electrons. The predicted octanol–water partition coefficient (Wildman–Crippen LogP) is 1.39. The Labute approximate surface area is 87.4 Å². The summed E-state index contributed by atoms with van der Waals surface area (Å²) in [7, 11) is 2.02. The second-order valence-electron chi connectivity index (χ2n) is 3.57. The summed E-state index contributed by atoms with van der Waals surface area (Å²) >= 11 is 0. The summed E-state index contributed by atoms with van der Waals surface area (Å²) in [6.07, 6.45) is 1.74. The quantitative estimate of drug-likeness (QED) is 0.470. The van der Waals surface area contributed by atoms with Crippen LogP contribution in [0.1, 0.15) is 19.8 Å². The van der Waals surface area contributed by atoms with Crippen LogP contribution in [-0.4, -0.2) is 38.1 Å². The van der Waals surface area contributed by atoms with Crippen molar-refractivity contribution in [3.05, 3.63) is 12.2 Å². The molecule has 3 nitrogen and oxygen atoms in total. The molecule has 3 heteroatoms. The average Bonchev–Trinajstić information content (AvgIpc) is 2.15. The molecule has 0 aromatic carbocycles. The highest BCUT2D eigenvalue weighted by Crippen LogP contribution is 1.94. The first-order valence-corrected chi connectivity index (χ1v) is 5.13. The van der Waals surface area contributed by atoms with E-state index in [0.29, 0.717) is 6.42 Å². The number of rotatable bonds is 8. The molecule has 14 heavy (non-hydrogen) atoms. The van der Waals surface area contributed by atoms with Crippen LogP contribution in [-0.2, 0) is 0 Å². The highest BCUT2D eigenvalue weighted by Gasteiger charge is 2.00. The molecular formula is C11H21N3. The minimum Gasteiger partial charge on any atom is -0.313 e. The van der Waals surface area contributed by atoms with Crippen LogP contribution in [0.3, 0.4) is 0 Å². The first-order chi connectivity index (χ1) is 6.70. The van der Waals surface area contributed by atoms with Gasteiger partial charge in [-0.05, 0) is 25.6 Å². The number of nitriles is 1. The maximum absolute atomic E-state index is 8.41. The molecule has 0 aliphatic rings. The van der Waals surface area contributed by atoms with Crippen LogP contribution in [0.4, 0.5) is 0 Å². The second kappa shape index (κ2) is 8.74. The van der Waals surface area contributed by atoms with Gasteiger partial charge in [0.1, 0.15) is 0 Å². The third kappa shape index (κ3) is 7.78. The van der Waals surface area contributed by atoms with Crippen LogP contribution in [0.15, 0.2) is 12.2 Å². The van der Waals surface area contributed by atoms with E-state index in [2.05, 4.69) is 29.8 Å². The molecule has 0 heterocycles. The molecule has 0 saturated heterocycles. The Morgan fingerprint density at radius 2 is 2.29 bits per heavy atom. The molecule has 0 unspecified atom stereocenters. The normalized spacial score (nSPS) is 10.1. The van der Waals surface area contributed by atoms with E-state index in [0.717, 1.165) is 32.6 Å². The Morgan fingerprint density at radius 3 is 2.86 bits per heavy atom. The largest absolute Gasteiger partial charge is 0.313 e. The van der Waals surface area contributed by atoms with E-state index in [4.69, 9.17) is 5.26 Å². The number of hydrogen-bond acceptors (Lipinski definition) is 3. The van der Waals surface area contributed by atoms with E-state index < -0.39 is 0 Å². The van der Waals surface area contributed by atoms with E-state index in [-0.39, 0.29) is 0 Å². The SMILES string of the molecule is C=C(CNCCC)CN(C)CCC#N. The molecule has 0 aromatic rings. The zero-order valence-corrected chi connectivity index (χ0v) is 9.34. The fraction of sp³-hybridized carbons (Fsp3) is 0.727. The van der Waals surface area contributed by atoms with Crippen molar-refractivity contribution in [2.75, 3.05) is 33.2 Å². The van der Waals surface area contributed by atoms with Gasteiger partial charge in [-0.3, -0.25) is 0 Å². The van der Waals surface area contributed by atoms with Gasteiger partial charge in [0.15, 0.2) is 0 Å². The summed E-state index contributed by atoms with van der Waals surface area (Å²) in [5, 5.41) is 11.7. The van der Waals surface area contributed by atoms with E-state index in [9.17, 15) is 0 Å². The van der Waals surface area contributed by atoms with Crippen LogP contribution in [0.5, 0.6) is 0 Å². The summed E-state index contributed by atoms with van der Waals surface area (Å²) in [4.78, 5) is 2.12. The van der Waals surface area contributed by atoms with E-state index >= 15 is 0 Å². The van der Waals surface area contributed by atoms with Gasteiger partial charge < -0.3 is 10.2 Å². The molecule has 0 fully saturated rings. The molecule has 0 bridgehead atoms.